The second-order valence-electron chi connectivity index (χ2n) is 11.4. The van der Waals surface area contributed by atoms with E-state index < -0.39 is 76.0 Å². The number of hydrogen-bond acceptors (Lipinski definition) is 4. The Morgan fingerprint density at radius 3 is 1.80 bits per heavy atom. The summed E-state index contributed by atoms with van der Waals surface area (Å²) in [5.74, 6) is -8.42. The first-order valence-corrected chi connectivity index (χ1v) is 15.1. The van der Waals surface area contributed by atoms with Gasteiger partial charge in [-0.2, -0.15) is 8.78 Å². The van der Waals surface area contributed by atoms with Gasteiger partial charge in [0.1, 0.15) is 46.1 Å². The maximum absolute atomic E-state index is 15.1. The molecule has 0 unspecified atom stereocenters. The lowest BCUT2D eigenvalue weighted by Gasteiger charge is -2.30. The number of alkyl halides is 5. The van der Waals surface area contributed by atoms with Crippen molar-refractivity contribution in [1.82, 2.24) is 0 Å². The van der Waals surface area contributed by atoms with E-state index in [9.17, 15) is 30.7 Å². The van der Waals surface area contributed by atoms with E-state index in [2.05, 4.69) is 16.4 Å². The Kier molecular flexibility index (Phi) is 10.8. The molecule has 0 saturated carbocycles. The summed E-state index contributed by atoms with van der Waals surface area (Å²) in [7, 11) is 0. The van der Waals surface area contributed by atoms with Crippen LogP contribution in [0.5, 0.6) is 11.5 Å². The van der Waals surface area contributed by atoms with E-state index in [1.807, 2.05) is 0 Å². The number of benzene rings is 4. The lowest BCUT2D eigenvalue weighted by atomic mass is 9.98. The maximum Gasteiger partial charge on any atom is 0.573 e. The monoisotopic (exact) mass is 702 g/mol. The highest BCUT2D eigenvalue weighted by Crippen LogP contribution is 2.39. The predicted molar refractivity (Wildman–Crippen MR) is 157 cm³/mol. The third-order valence-electron chi connectivity index (χ3n) is 7.73. The Labute approximate surface area is 274 Å². The van der Waals surface area contributed by atoms with Crippen LogP contribution in [0.1, 0.15) is 50.0 Å². The highest BCUT2D eigenvalue weighted by Gasteiger charge is 2.42. The molecule has 0 bridgehead atoms. The highest BCUT2D eigenvalue weighted by molar-refractivity contribution is 5.72. The van der Waals surface area contributed by atoms with Crippen molar-refractivity contribution in [3.05, 3.63) is 107 Å². The molecule has 4 aromatic rings. The van der Waals surface area contributed by atoms with Crippen molar-refractivity contribution in [2.45, 2.75) is 51.4 Å². The summed E-state index contributed by atoms with van der Waals surface area (Å²) in [5, 5.41) is 0. The summed E-state index contributed by atoms with van der Waals surface area (Å²) in [5.41, 5.74) is -3.50. The molecule has 14 heteroatoms. The molecule has 0 N–H and O–H groups in total. The molecule has 262 valence electrons. The summed E-state index contributed by atoms with van der Waals surface area (Å²) >= 11 is 0. The largest absolute Gasteiger partial charge is 0.573 e. The quantitative estimate of drug-likeness (QED) is 0.115. The summed E-state index contributed by atoms with van der Waals surface area (Å²) in [4.78, 5) is 0. The van der Waals surface area contributed by atoms with Gasteiger partial charge in [-0.05, 0) is 66.1 Å². The normalized spacial score (nSPS) is 16.9. The molecule has 0 aromatic heterocycles. The van der Waals surface area contributed by atoms with E-state index in [0.717, 1.165) is 74.2 Å². The highest BCUT2D eigenvalue weighted by atomic mass is 19.4. The van der Waals surface area contributed by atoms with Crippen molar-refractivity contribution in [2.75, 3.05) is 13.2 Å². The van der Waals surface area contributed by atoms with E-state index in [-0.39, 0.29) is 35.8 Å². The van der Waals surface area contributed by atoms with Crippen LogP contribution in [0.25, 0.3) is 22.3 Å². The van der Waals surface area contributed by atoms with Gasteiger partial charge in [-0.1, -0.05) is 38.3 Å². The zero-order valence-corrected chi connectivity index (χ0v) is 25.7. The van der Waals surface area contributed by atoms with E-state index in [1.165, 1.54) is 0 Å². The van der Waals surface area contributed by atoms with Crippen LogP contribution in [0.15, 0.2) is 66.7 Å². The van der Waals surface area contributed by atoms with Crippen LogP contribution in [0, 0.1) is 35.0 Å². The number of hydrogen-bond donors (Lipinski definition) is 0. The Hall–Kier alpha value is -4.30. The Morgan fingerprint density at radius 1 is 0.653 bits per heavy atom. The second-order valence-corrected chi connectivity index (χ2v) is 11.4. The van der Waals surface area contributed by atoms with Gasteiger partial charge in [0.25, 0.3) is 0 Å². The summed E-state index contributed by atoms with van der Waals surface area (Å²) in [6.45, 7) is 2.59. The molecule has 0 radical (unpaired) electrons. The summed E-state index contributed by atoms with van der Waals surface area (Å²) < 4.78 is 162. The Morgan fingerprint density at radius 2 is 1.24 bits per heavy atom. The van der Waals surface area contributed by atoms with Gasteiger partial charge < -0.3 is 18.9 Å². The minimum atomic E-state index is -4.98. The van der Waals surface area contributed by atoms with E-state index >= 15 is 13.2 Å². The molecule has 5 rings (SSSR count). The average Bonchev–Trinajstić information content (AvgIpc) is 3.00. The van der Waals surface area contributed by atoms with Crippen LogP contribution in [-0.2, 0) is 15.6 Å². The third kappa shape index (κ3) is 8.66. The molecule has 0 aliphatic carbocycles. The predicted octanol–water partition coefficient (Wildman–Crippen LogP) is 11.0. The molecular formula is C35H28F10O4. The lowest BCUT2D eigenvalue weighted by Crippen LogP contribution is -2.28. The first-order valence-electron chi connectivity index (χ1n) is 15.1. The summed E-state index contributed by atoms with van der Waals surface area (Å²) in [6.07, 6.45) is -6.89. The fraction of sp³-hybridized carbons (Fsp3) is 0.314. The SMILES string of the molecule is CCCCCC1COC(c2cc(F)c(C(F)(F)Oc3ccc(-c4cc(F)c(-c5ccc(OC(F)(F)F)cc5)c(F)c4)c(F)c3)c(F)c2)OC1. The first-order chi connectivity index (χ1) is 23.1. The number of halogens is 10. The minimum absolute atomic E-state index is 0.0925. The van der Waals surface area contributed by atoms with Crippen LogP contribution in [-0.4, -0.2) is 19.6 Å². The molecule has 0 atom stereocenters. The van der Waals surface area contributed by atoms with Gasteiger partial charge in [-0.15, -0.1) is 13.2 Å². The smallest absolute Gasteiger partial charge is 0.429 e. The molecule has 49 heavy (non-hydrogen) atoms. The van der Waals surface area contributed by atoms with Crippen molar-refractivity contribution in [1.29, 1.82) is 0 Å². The molecule has 1 aliphatic rings. The van der Waals surface area contributed by atoms with Crippen LogP contribution < -0.4 is 9.47 Å². The topological polar surface area (TPSA) is 36.9 Å². The molecule has 0 amide bonds. The maximum atomic E-state index is 15.1. The molecule has 1 fully saturated rings. The average molecular weight is 703 g/mol. The molecule has 1 aliphatic heterocycles. The van der Waals surface area contributed by atoms with Crippen LogP contribution in [0.2, 0.25) is 0 Å². The fourth-order valence-corrected chi connectivity index (χ4v) is 5.41. The van der Waals surface area contributed by atoms with Crippen molar-refractivity contribution in [3.8, 4) is 33.8 Å². The van der Waals surface area contributed by atoms with E-state index in [1.54, 1.807) is 0 Å². The molecule has 4 nitrogen and oxygen atoms in total. The molecule has 1 saturated heterocycles. The standard InChI is InChI=1S/C35H28F10O4/c1-2-3-4-5-19-17-46-33(47-18-19)22-14-29(39)32(30(40)15-22)34(41,42)48-24-10-11-25(26(36)16-24)21-12-27(37)31(28(38)13-21)20-6-8-23(9-7-20)49-35(43,44)45/h6-16,19,33H,2-5,17-18H2,1H3. The molecular weight excluding hydrogens is 674 g/mol. The van der Waals surface area contributed by atoms with Gasteiger partial charge in [0.05, 0.1) is 18.8 Å². The van der Waals surface area contributed by atoms with Crippen molar-refractivity contribution in [3.63, 3.8) is 0 Å². The summed E-state index contributed by atoms with van der Waals surface area (Å²) in [6, 6.07) is 8.50. The Balaban J connectivity index is 1.30. The number of rotatable bonds is 11. The molecule has 0 spiro atoms. The molecule has 1 heterocycles. The van der Waals surface area contributed by atoms with Gasteiger partial charge in [0.15, 0.2) is 6.29 Å². The van der Waals surface area contributed by atoms with Gasteiger partial charge in [0, 0.05) is 23.1 Å². The van der Waals surface area contributed by atoms with Crippen LogP contribution in [0.3, 0.4) is 0 Å². The van der Waals surface area contributed by atoms with Crippen molar-refractivity contribution in [2.24, 2.45) is 5.92 Å². The van der Waals surface area contributed by atoms with Gasteiger partial charge in [-0.25, -0.2) is 22.0 Å². The van der Waals surface area contributed by atoms with Gasteiger partial charge in [0.2, 0.25) is 0 Å². The number of unbranched alkanes of at least 4 members (excludes halogenated alkanes) is 2. The second kappa shape index (κ2) is 14.7. The zero-order chi connectivity index (χ0) is 35.5. The minimum Gasteiger partial charge on any atom is -0.429 e. The fourth-order valence-electron chi connectivity index (χ4n) is 5.41. The van der Waals surface area contributed by atoms with Crippen LogP contribution >= 0.6 is 0 Å². The van der Waals surface area contributed by atoms with Crippen molar-refractivity contribution < 1.29 is 62.9 Å². The Bertz CT molecular complexity index is 1720. The zero-order valence-electron chi connectivity index (χ0n) is 25.7. The van der Waals surface area contributed by atoms with E-state index in [4.69, 9.17) is 9.47 Å². The first kappa shape index (κ1) is 36.0. The van der Waals surface area contributed by atoms with E-state index in [0.29, 0.717) is 18.2 Å². The van der Waals surface area contributed by atoms with Crippen LogP contribution in [0.4, 0.5) is 43.9 Å². The lowest BCUT2D eigenvalue weighted by molar-refractivity contribution is -0.274. The van der Waals surface area contributed by atoms with Crippen molar-refractivity contribution >= 4 is 0 Å². The number of ether oxygens (including phenoxy) is 4. The van der Waals surface area contributed by atoms with Gasteiger partial charge >= 0.3 is 12.5 Å². The van der Waals surface area contributed by atoms with Gasteiger partial charge in [-0.3, -0.25) is 0 Å². The molecule has 4 aromatic carbocycles. The third-order valence-corrected chi connectivity index (χ3v) is 7.73.